The van der Waals surface area contributed by atoms with Gasteiger partial charge in [-0.3, -0.25) is 4.99 Å². The van der Waals surface area contributed by atoms with Crippen LogP contribution in [0.4, 0.5) is 5.69 Å². The van der Waals surface area contributed by atoms with Crippen LogP contribution in [0.1, 0.15) is 6.92 Å². The Bertz CT molecular complexity index is 720. The van der Waals surface area contributed by atoms with Crippen molar-refractivity contribution in [2.24, 2.45) is 4.99 Å². The minimum absolute atomic E-state index is 0.0519. The van der Waals surface area contributed by atoms with E-state index in [1.54, 1.807) is 25.1 Å². The first-order chi connectivity index (χ1) is 10.7. The Morgan fingerprint density at radius 2 is 2.18 bits per heavy atom. The molecular weight excluding hydrogens is 288 g/mol. The summed E-state index contributed by atoms with van der Waals surface area (Å²) in [6.45, 7) is 1.77. The fourth-order valence-electron chi connectivity index (χ4n) is 1.72. The lowest BCUT2D eigenvalue weighted by molar-refractivity contribution is -0.138. The predicted molar refractivity (Wildman–Crippen MR) is 80.2 cm³/mol. The summed E-state index contributed by atoms with van der Waals surface area (Å²) in [6, 6.07) is 5.16. The van der Waals surface area contributed by atoms with E-state index in [9.17, 15) is 9.90 Å². The number of aromatic nitrogens is 3. The molecule has 22 heavy (non-hydrogen) atoms. The van der Waals surface area contributed by atoms with Crippen LogP contribution in [0.3, 0.4) is 0 Å². The second-order valence-electron chi connectivity index (χ2n) is 4.27. The smallest absolute Gasteiger partial charge is 0.343 e. The van der Waals surface area contributed by atoms with Gasteiger partial charge in [-0.1, -0.05) is 0 Å². The number of methoxy groups -OCH3 is 1. The van der Waals surface area contributed by atoms with Gasteiger partial charge in [-0.05, 0) is 25.1 Å². The molecule has 2 aromatic rings. The second kappa shape index (κ2) is 7.32. The van der Waals surface area contributed by atoms with Crippen molar-refractivity contribution in [1.29, 1.82) is 0 Å². The first-order valence-corrected chi connectivity index (χ1v) is 6.58. The van der Waals surface area contributed by atoms with Gasteiger partial charge >= 0.3 is 5.97 Å². The average Bonchev–Trinajstić information content (AvgIpc) is 2.95. The molecule has 0 fully saturated rings. The third-order valence-electron chi connectivity index (χ3n) is 2.73. The van der Waals surface area contributed by atoms with Gasteiger partial charge < -0.3 is 14.6 Å². The van der Waals surface area contributed by atoms with Crippen LogP contribution in [-0.2, 0) is 14.3 Å². The predicted octanol–water partition coefficient (Wildman–Crippen LogP) is 1.68. The lowest BCUT2D eigenvalue weighted by atomic mass is 10.2. The van der Waals surface area contributed by atoms with Crippen LogP contribution >= 0.6 is 0 Å². The highest BCUT2D eigenvalue weighted by molar-refractivity contribution is 6.10. The first-order valence-electron chi connectivity index (χ1n) is 6.58. The first kappa shape index (κ1) is 15.6. The molecule has 1 heterocycles. The van der Waals surface area contributed by atoms with Crippen LogP contribution in [0.25, 0.3) is 11.0 Å². The third-order valence-corrected chi connectivity index (χ3v) is 2.73. The molecule has 0 atom stereocenters. The highest BCUT2D eigenvalue weighted by Crippen LogP contribution is 2.18. The Hall–Kier alpha value is -2.74. The molecule has 116 valence electrons. The summed E-state index contributed by atoms with van der Waals surface area (Å²) in [5, 5.41) is 20.3. The molecule has 0 bridgehead atoms. The molecule has 1 aromatic heterocycles. The van der Waals surface area contributed by atoms with Gasteiger partial charge in [0.1, 0.15) is 29.0 Å². The summed E-state index contributed by atoms with van der Waals surface area (Å²) in [5.41, 5.74) is 1.87. The highest BCUT2D eigenvalue weighted by Gasteiger charge is 2.14. The quantitative estimate of drug-likeness (QED) is 0.363. The summed E-state index contributed by atoms with van der Waals surface area (Å²) in [6.07, 6.45) is 1.24. The molecule has 0 amide bonds. The van der Waals surface area contributed by atoms with Gasteiger partial charge in [0.2, 0.25) is 0 Å². The van der Waals surface area contributed by atoms with Gasteiger partial charge in [-0.25, -0.2) is 4.79 Å². The van der Waals surface area contributed by atoms with E-state index < -0.39 is 5.97 Å². The highest BCUT2D eigenvalue weighted by atomic mass is 16.5. The number of aliphatic hydroxyl groups is 1. The minimum atomic E-state index is -0.664. The van der Waals surface area contributed by atoms with Gasteiger partial charge in [-0.2, -0.15) is 15.4 Å². The standard InChI is InChI=1S/C14H16N4O4/c1-3-22-14(20)10(13(19)8-21-2)7-15-9-4-5-11-12(6-9)17-18-16-11/h4-7,19H,3,8H2,1-2H3,(H,16,17,18)/b13-10-,15-7?. The van der Waals surface area contributed by atoms with E-state index in [1.165, 1.54) is 13.3 Å². The van der Waals surface area contributed by atoms with E-state index in [1.807, 2.05) is 0 Å². The largest absolute Gasteiger partial charge is 0.509 e. The van der Waals surface area contributed by atoms with Crippen molar-refractivity contribution >= 4 is 28.9 Å². The molecule has 0 radical (unpaired) electrons. The molecule has 0 aliphatic rings. The molecule has 2 N–H and O–H groups in total. The van der Waals surface area contributed by atoms with Crippen molar-refractivity contribution in [3.8, 4) is 0 Å². The number of H-pyrrole nitrogens is 1. The number of aromatic amines is 1. The van der Waals surface area contributed by atoms with E-state index in [2.05, 4.69) is 20.4 Å². The average molecular weight is 304 g/mol. The van der Waals surface area contributed by atoms with Crippen LogP contribution < -0.4 is 0 Å². The summed E-state index contributed by atoms with van der Waals surface area (Å²) in [7, 11) is 1.41. The summed E-state index contributed by atoms with van der Waals surface area (Å²) < 4.78 is 9.70. The number of rotatable bonds is 6. The Morgan fingerprint density at radius 3 is 2.91 bits per heavy atom. The molecule has 0 unspecified atom stereocenters. The van der Waals surface area contributed by atoms with Crippen LogP contribution in [0.5, 0.6) is 0 Å². The van der Waals surface area contributed by atoms with E-state index >= 15 is 0 Å². The maximum absolute atomic E-state index is 11.8. The van der Waals surface area contributed by atoms with Crippen molar-refractivity contribution in [3.05, 3.63) is 29.5 Å². The molecule has 8 nitrogen and oxygen atoms in total. The molecule has 8 heteroatoms. The monoisotopic (exact) mass is 304 g/mol. The molecule has 0 saturated carbocycles. The Balaban J connectivity index is 2.28. The van der Waals surface area contributed by atoms with Gasteiger partial charge in [0.15, 0.2) is 0 Å². The van der Waals surface area contributed by atoms with E-state index in [4.69, 9.17) is 9.47 Å². The fraction of sp³-hybridized carbons (Fsp3) is 0.286. The normalized spacial score (nSPS) is 12.6. The van der Waals surface area contributed by atoms with E-state index in [0.717, 1.165) is 0 Å². The van der Waals surface area contributed by atoms with Gasteiger partial charge in [0.05, 0.1) is 12.3 Å². The van der Waals surface area contributed by atoms with Crippen molar-refractivity contribution in [1.82, 2.24) is 15.4 Å². The van der Waals surface area contributed by atoms with Crippen molar-refractivity contribution < 1.29 is 19.4 Å². The Kier molecular flexibility index (Phi) is 5.21. The second-order valence-corrected chi connectivity index (χ2v) is 4.27. The van der Waals surface area contributed by atoms with Gasteiger partial charge in [-0.15, -0.1) is 0 Å². The number of aliphatic hydroxyl groups excluding tert-OH is 1. The van der Waals surface area contributed by atoms with E-state index in [-0.39, 0.29) is 24.5 Å². The van der Waals surface area contributed by atoms with Gasteiger partial charge in [0.25, 0.3) is 0 Å². The van der Waals surface area contributed by atoms with Crippen LogP contribution in [0.2, 0.25) is 0 Å². The van der Waals surface area contributed by atoms with Crippen molar-refractivity contribution in [2.45, 2.75) is 6.92 Å². The zero-order valence-corrected chi connectivity index (χ0v) is 12.2. The molecule has 0 aliphatic carbocycles. The molecule has 2 rings (SSSR count). The molecule has 0 spiro atoms. The lowest BCUT2D eigenvalue weighted by Gasteiger charge is -2.05. The number of aliphatic imine (C=N–C) groups is 1. The number of hydrogen-bond acceptors (Lipinski definition) is 7. The number of ether oxygens (including phenoxy) is 2. The van der Waals surface area contributed by atoms with Crippen LogP contribution in [-0.4, -0.2) is 53.0 Å². The number of carbonyl (C=O) groups excluding carboxylic acids is 1. The Labute approximate surface area is 126 Å². The summed E-state index contributed by atoms with van der Waals surface area (Å²) in [5.74, 6) is -0.907. The summed E-state index contributed by atoms with van der Waals surface area (Å²) in [4.78, 5) is 16.0. The number of benzene rings is 1. The zero-order valence-electron chi connectivity index (χ0n) is 12.2. The fourth-order valence-corrected chi connectivity index (χ4v) is 1.72. The van der Waals surface area contributed by atoms with E-state index in [0.29, 0.717) is 16.7 Å². The SMILES string of the molecule is CCOC(=O)/C(C=Nc1ccc2n[nH]nc2c1)=C(\O)COC. The number of fused-ring (bicyclic) bond motifs is 1. The van der Waals surface area contributed by atoms with Crippen molar-refractivity contribution in [2.75, 3.05) is 20.3 Å². The number of carbonyl (C=O) groups is 1. The molecule has 1 aromatic carbocycles. The third kappa shape index (κ3) is 3.67. The Morgan fingerprint density at radius 1 is 1.41 bits per heavy atom. The zero-order chi connectivity index (χ0) is 15.9. The maximum Gasteiger partial charge on any atom is 0.343 e. The van der Waals surface area contributed by atoms with Gasteiger partial charge in [0, 0.05) is 13.3 Å². The molecule has 0 saturated heterocycles. The van der Waals surface area contributed by atoms with Crippen molar-refractivity contribution in [3.63, 3.8) is 0 Å². The number of hydrogen-bond donors (Lipinski definition) is 2. The maximum atomic E-state index is 11.8. The van der Waals surface area contributed by atoms with Crippen LogP contribution in [0.15, 0.2) is 34.5 Å². The molecule has 0 aliphatic heterocycles. The topological polar surface area (TPSA) is 110 Å². The van der Waals surface area contributed by atoms with Crippen LogP contribution in [0, 0.1) is 0 Å². The minimum Gasteiger partial charge on any atom is -0.509 e. The number of nitrogens with one attached hydrogen (secondary N) is 1. The molecular formula is C14H16N4O4. The summed E-state index contributed by atoms with van der Waals surface area (Å²) >= 11 is 0. The lowest BCUT2D eigenvalue weighted by Crippen LogP contribution is -2.13. The number of esters is 1. The number of nitrogens with zero attached hydrogens (tertiary/aromatic N) is 3.